The molecule has 0 bridgehead atoms. The summed E-state index contributed by atoms with van der Waals surface area (Å²) in [6.07, 6.45) is 0.998. The average molecular weight is 670 g/mol. The summed E-state index contributed by atoms with van der Waals surface area (Å²) in [5, 5.41) is 14.1. The second kappa shape index (κ2) is 13.2. The standard InChI is InChI=1S/C33H36FN3O11/c1-15(2)27(32(41)45-7-5-6-37-12-20(34)30(39)36-33(37)42)35-28-18-11-22-21(47-14-48-22)10-17(18)25(26-19(28)13-46-31(26)40)16-8-23(43-3)29(38)24(9-16)44-4/h8-12,15,19,25-28,35,38H,5-7,13-14H2,1-4H3,(H,36,39,42)/t19-,25+,26-,27-,28+/m0/s1. The van der Waals surface area contributed by atoms with Gasteiger partial charge in [0.1, 0.15) is 6.04 Å². The van der Waals surface area contributed by atoms with Crippen LogP contribution in [0.15, 0.2) is 40.1 Å². The molecule has 15 heteroatoms. The van der Waals surface area contributed by atoms with Gasteiger partial charge in [0.25, 0.3) is 5.56 Å². The molecule has 3 aromatic rings. The molecule has 6 rings (SSSR count). The number of phenolic OH excluding ortho intramolecular Hbond substituents is 1. The fraction of sp³-hybridized carbons (Fsp3) is 0.455. The number of carbonyl (C=O) groups is 2. The molecular formula is C33H36FN3O11. The smallest absolute Gasteiger partial charge is 0.328 e. The zero-order valence-corrected chi connectivity index (χ0v) is 26.7. The molecule has 256 valence electrons. The molecule has 0 saturated carbocycles. The summed E-state index contributed by atoms with van der Waals surface area (Å²) in [6.45, 7) is 3.77. The Labute approximate surface area is 273 Å². The number of aryl methyl sites for hydroxylation is 1. The van der Waals surface area contributed by atoms with Crippen molar-refractivity contribution in [3.8, 4) is 28.7 Å². The number of hydrogen-bond donors (Lipinski definition) is 3. The second-order valence-corrected chi connectivity index (χ2v) is 12.2. The Bertz CT molecular complexity index is 1830. The van der Waals surface area contributed by atoms with Crippen LogP contribution in [-0.4, -0.2) is 66.9 Å². The van der Waals surface area contributed by atoms with Gasteiger partial charge in [-0.1, -0.05) is 13.8 Å². The number of fused-ring (bicyclic) bond motifs is 3. The summed E-state index contributed by atoms with van der Waals surface area (Å²) >= 11 is 0. The lowest BCUT2D eigenvalue weighted by Gasteiger charge is -2.41. The van der Waals surface area contributed by atoms with Crippen molar-refractivity contribution in [1.82, 2.24) is 14.9 Å². The Kier molecular flexibility index (Phi) is 9.05. The van der Waals surface area contributed by atoms with Gasteiger partial charge in [0, 0.05) is 24.4 Å². The van der Waals surface area contributed by atoms with Crippen LogP contribution in [0.4, 0.5) is 4.39 Å². The van der Waals surface area contributed by atoms with Crippen molar-refractivity contribution < 1.29 is 47.5 Å². The van der Waals surface area contributed by atoms with Crippen LogP contribution in [0.25, 0.3) is 0 Å². The summed E-state index contributed by atoms with van der Waals surface area (Å²) in [4.78, 5) is 52.2. The maximum absolute atomic E-state index is 13.7. The van der Waals surface area contributed by atoms with Crippen molar-refractivity contribution in [3.63, 3.8) is 0 Å². The predicted octanol–water partition coefficient (Wildman–Crippen LogP) is 2.35. The number of nitrogens with zero attached hydrogens (tertiary/aromatic N) is 1. The zero-order chi connectivity index (χ0) is 34.3. The van der Waals surface area contributed by atoms with E-state index in [9.17, 15) is 28.7 Å². The number of carbonyl (C=O) groups excluding carboxylic acids is 2. The Balaban J connectivity index is 1.31. The summed E-state index contributed by atoms with van der Waals surface area (Å²) in [6, 6.07) is 5.64. The Morgan fingerprint density at radius 1 is 1.06 bits per heavy atom. The van der Waals surface area contributed by atoms with Gasteiger partial charge in [0.05, 0.1) is 39.5 Å². The molecule has 0 spiro atoms. The van der Waals surface area contributed by atoms with E-state index in [2.05, 4.69) is 5.32 Å². The van der Waals surface area contributed by atoms with Gasteiger partial charge < -0.3 is 33.5 Å². The number of hydrogen-bond acceptors (Lipinski definition) is 12. The Hall–Kier alpha value is -5.05. The molecule has 0 unspecified atom stereocenters. The summed E-state index contributed by atoms with van der Waals surface area (Å²) in [5.74, 6) is -2.77. The fourth-order valence-electron chi connectivity index (χ4n) is 6.74. The van der Waals surface area contributed by atoms with Crippen LogP contribution in [0.2, 0.25) is 0 Å². The lowest BCUT2D eigenvalue weighted by molar-refractivity contribution is -0.148. The van der Waals surface area contributed by atoms with E-state index in [1.165, 1.54) is 14.2 Å². The molecule has 1 aliphatic carbocycles. The first-order valence-electron chi connectivity index (χ1n) is 15.5. The molecule has 2 aromatic carbocycles. The predicted molar refractivity (Wildman–Crippen MR) is 165 cm³/mol. The minimum absolute atomic E-state index is 0.0141. The first kappa shape index (κ1) is 32.9. The number of H-pyrrole nitrogens is 1. The Morgan fingerprint density at radius 3 is 2.38 bits per heavy atom. The number of rotatable bonds is 11. The van der Waals surface area contributed by atoms with E-state index in [1.54, 1.807) is 12.1 Å². The van der Waals surface area contributed by atoms with Crippen LogP contribution in [0.5, 0.6) is 28.7 Å². The lowest BCUT2D eigenvalue weighted by atomic mass is 9.65. The third-order valence-electron chi connectivity index (χ3n) is 9.08. The number of phenols is 1. The molecule has 48 heavy (non-hydrogen) atoms. The molecular weight excluding hydrogens is 633 g/mol. The normalized spacial score (nSPS) is 21.3. The first-order valence-corrected chi connectivity index (χ1v) is 15.5. The molecule has 3 N–H and O–H groups in total. The highest BCUT2D eigenvalue weighted by molar-refractivity contribution is 5.80. The molecule has 5 atom stereocenters. The number of aromatic hydroxyl groups is 1. The summed E-state index contributed by atoms with van der Waals surface area (Å²) < 4.78 is 48.2. The second-order valence-electron chi connectivity index (χ2n) is 12.2. The lowest BCUT2D eigenvalue weighted by Crippen LogP contribution is -2.49. The fourth-order valence-corrected chi connectivity index (χ4v) is 6.74. The van der Waals surface area contributed by atoms with Gasteiger partial charge in [-0.25, -0.2) is 4.79 Å². The van der Waals surface area contributed by atoms with Crippen LogP contribution in [-0.2, 0) is 25.6 Å². The molecule has 3 aliphatic rings. The van der Waals surface area contributed by atoms with E-state index in [1.807, 2.05) is 31.0 Å². The van der Waals surface area contributed by atoms with Crippen molar-refractivity contribution in [1.29, 1.82) is 0 Å². The summed E-state index contributed by atoms with van der Waals surface area (Å²) in [7, 11) is 2.85. The third-order valence-corrected chi connectivity index (χ3v) is 9.08. The van der Waals surface area contributed by atoms with Crippen molar-refractivity contribution >= 4 is 11.9 Å². The van der Waals surface area contributed by atoms with E-state index in [4.69, 9.17) is 28.4 Å². The number of aromatic nitrogens is 2. The SMILES string of the molecule is COc1cc([C@@H]2c3cc4c(cc3[C@@H](N[C@H](C(=O)OCCCn3cc(F)c(=O)[nH]c3=O)C(C)C)[C@H]3COC(=O)[C@H]23)OCO4)cc(OC)c1O. The van der Waals surface area contributed by atoms with Gasteiger partial charge in [0.2, 0.25) is 18.4 Å². The number of cyclic esters (lactones) is 1. The molecule has 2 aliphatic heterocycles. The largest absolute Gasteiger partial charge is 0.502 e. The minimum atomic E-state index is -1.10. The molecule has 1 aromatic heterocycles. The van der Waals surface area contributed by atoms with Gasteiger partial charge in [-0.05, 0) is 53.3 Å². The number of methoxy groups -OCH3 is 2. The van der Waals surface area contributed by atoms with E-state index < -0.39 is 58.8 Å². The molecule has 0 radical (unpaired) electrons. The maximum Gasteiger partial charge on any atom is 0.328 e. The highest BCUT2D eigenvalue weighted by Crippen LogP contribution is 2.55. The number of esters is 2. The van der Waals surface area contributed by atoms with Gasteiger partial charge in [-0.2, -0.15) is 4.39 Å². The van der Waals surface area contributed by atoms with E-state index >= 15 is 0 Å². The average Bonchev–Trinajstić information content (AvgIpc) is 3.68. The topological polar surface area (TPSA) is 177 Å². The quantitative estimate of drug-likeness (QED) is 0.201. The van der Waals surface area contributed by atoms with Gasteiger partial charge in [-0.3, -0.25) is 29.3 Å². The van der Waals surface area contributed by atoms with E-state index in [0.717, 1.165) is 21.9 Å². The van der Waals surface area contributed by atoms with E-state index in [0.29, 0.717) is 17.1 Å². The van der Waals surface area contributed by atoms with Crippen molar-refractivity contribution in [2.24, 2.45) is 17.8 Å². The van der Waals surface area contributed by atoms with Crippen molar-refractivity contribution in [3.05, 3.63) is 73.8 Å². The number of aromatic amines is 1. The highest BCUT2D eigenvalue weighted by atomic mass is 19.1. The third kappa shape index (κ3) is 5.93. The monoisotopic (exact) mass is 669 g/mol. The van der Waals surface area contributed by atoms with E-state index in [-0.39, 0.29) is 56.1 Å². The van der Waals surface area contributed by atoms with Crippen molar-refractivity contribution in [2.45, 2.75) is 44.8 Å². The number of ether oxygens (including phenoxy) is 6. The molecule has 0 amide bonds. The molecule has 3 heterocycles. The van der Waals surface area contributed by atoms with Crippen LogP contribution in [0.3, 0.4) is 0 Å². The zero-order valence-electron chi connectivity index (χ0n) is 26.7. The van der Waals surface area contributed by atoms with Crippen LogP contribution < -0.4 is 35.5 Å². The van der Waals surface area contributed by atoms with Crippen molar-refractivity contribution in [2.75, 3.05) is 34.2 Å². The number of halogens is 1. The molecule has 1 saturated heterocycles. The first-order chi connectivity index (χ1) is 23.0. The number of benzene rings is 2. The van der Waals surface area contributed by atoms with Gasteiger partial charge in [-0.15, -0.1) is 0 Å². The van der Waals surface area contributed by atoms with Crippen LogP contribution in [0, 0.1) is 23.6 Å². The molecule has 14 nitrogen and oxygen atoms in total. The Morgan fingerprint density at radius 2 is 1.73 bits per heavy atom. The minimum Gasteiger partial charge on any atom is -0.502 e. The summed E-state index contributed by atoms with van der Waals surface area (Å²) in [5.41, 5.74) is 0.285. The number of nitrogens with one attached hydrogen (secondary N) is 2. The van der Waals surface area contributed by atoms with Crippen LogP contribution >= 0.6 is 0 Å². The molecule has 1 fully saturated rings. The van der Waals surface area contributed by atoms with Crippen LogP contribution in [0.1, 0.15) is 48.9 Å². The highest BCUT2D eigenvalue weighted by Gasteiger charge is 2.53. The van der Waals surface area contributed by atoms with Gasteiger partial charge in [0.15, 0.2) is 23.0 Å². The maximum atomic E-state index is 13.7. The van der Waals surface area contributed by atoms with Gasteiger partial charge >= 0.3 is 17.6 Å².